The molecule has 3 aromatic rings. The highest BCUT2D eigenvalue weighted by molar-refractivity contribution is 7.17. The number of thiophene rings is 1. The predicted octanol–water partition coefficient (Wildman–Crippen LogP) is 4.29. The molecule has 6 heteroatoms. The summed E-state index contributed by atoms with van der Waals surface area (Å²) in [6.07, 6.45) is 0.710. The van der Waals surface area contributed by atoms with Gasteiger partial charge in [-0.2, -0.15) is 0 Å². The van der Waals surface area contributed by atoms with E-state index in [1.54, 1.807) is 41.7 Å². The van der Waals surface area contributed by atoms with Crippen LogP contribution < -0.4 is 5.32 Å². The predicted molar refractivity (Wildman–Crippen MR) is 92.6 cm³/mol. The van der Waals surface area contributed by atoms with Gasteiger partial charge in [-0.05, 0) is 25.1 Å². The van der Waals surface area contributed by atoms with Crippen molar-refractivity contribution in [2.24, 2.45) is 0 Å². The molecule has 3 nitrogen and oxygen atoms in total. The van der Waals surface area contributed by atoms with Gasteiger partial charge in [-0.3, -0.25) is 4.79 Å². The summed E-state index contributed by atoms with van der Waals surface area (Å²) in [6, 6.07) is 10.1. The summed E-state index contributed by atoms with van der Waals surface area (Å²) in [6.45, 7) is 2.50. The largest absolute Gasteiger partial charge is 0.351 e. The minimum absolute atomic E-state index is 0.135. The molecule has 0 radical (unpaired) electrons. The lowest BCUT2D eigenvalue weighted by molar-refractivity contribution is 0.0958. The van der Waals surface area contributed by atoms with Gasteiger partial charge >= 0.3 is 0 Å². The van der Waals surface area contributed by atoms with Crippen LogP contribution in [0.5, 0.6) is 0 Å². The van der Waals surface area contributed by atoms with Gasteiger partial charge in [0, 0.05) is 28.8 Å². The van der Waals surface area contributed by atoms with Crippen LogP contribution in [0.1, 0.15) is 20.4 Å². The Kier molecular flexibility index (Phi) is 4.83. The number of nitrogens with zero attached hydrogens (tertiary/aromatic N) is 1. The van der Waals surface area contributed by atoms with Gasteiger partial charge in [-0.1, -0.05) is 18.2 Å². The minimum atomic E-state index is -0.278. The number of nitrogens with one attached hydrogen (secondary N) is 1. The van der Waals surface area contributed by atoms with Crippen LogP contribution in [-0.4, -0.2) is 17.4 Å². The average Bonchev–Trinajstić information content (AvgIpc) is 3.17. The van der Waals surface area contributed by atoms with Gasteiger partial charge in [0.05, 0.1) is 15.6 Å². The van der Waals surface area contributed by atoms with Crippen molar-refractivity contribution in [1.82, 2.24) is 10.3 Å². The minimum Gasteiger partial charge on any atom is -0.351 e. The normalized spacial score (nSPS) is 10.7. The molecule has 0 fully saturated rings. The molecule has 23 heavy (non-hydrogen) atoms. The zero-order chi connectivity index (χ0) is 16.2. The van der Waals surface area contributed by atoms with Gasteiger partial charge in [-0.15, -0.1) is 22.7 Å². The number of carbonyl (C=O) groups is 1. The Hall–Kier alpha value is -2.05. The number of carbonyl (C=O) groups excluding carboxylic acids is 1. The van der Waals surface area contributed by atoms with Crippen LogP contribution in [0.3, 0.4) is 0 Å². The fraction of sp³-hybridized carbons (Fsp3) is 0.176. The Bertz CT molecular complexity index is 825. The first-order chi connectivity index (χ1) is 11.1. The summed E-state index contributed by atoms with van der Waals surface area (Å²) in [5.41, 5.74) is 1.51. The smallest absolute Gasteiger partial charge is 0.261 e. The average molecular weight is 346 g/mol. The Labute approximate surface area is 141 Å². The molecule has 1 aromatic carbocycles. The molecule has 0 aliphatic rings. The molecule has 2 aromatic heterocycles. The number of aryl methyl sites for hydroxylation is 1. The van der Waals surface area contributed by atoms with Crippen LogP contribution >= 0.6 is 22.7 Å². The zero-order valence-electron chi connectivity index (χ0n) is 12.5. The molecule has 0 atom stereocenters. The molecule has 2 heterocycles. The number of aromatic nitrogens is 1. The van der Waals surface area contributed by atoms with Crippen molar-refractivity contribution in [1.29, 1.82) is 0 Å². The summed E-state index contributed by atoms with van der Waals surface area (Å²) in [4.78, 5) is 17.9. The van der Waals surface area contributed by atoms with E-state index in [4.69, 9.17) is 0 Å². The summed E-state index contributed by atoms with van der Waals surface area (Å²) >= 11 is 2.90. The van der Waals surface area contributed by atoms with E-state index >= 15 is 0 Å². The Balaban J connectivity index is 1.61. The highest BCUT2D eigenvalue weighted by Crippen LogP contribution is 2.29. The summed E-state index contributed by atoms with van der Waals surface area (Å²) in [5.74, 6) is -0.412. The van der Waals surface area contributed by atoms with E-state index in [-0.39, 0.29) is 11.7 Å². The van der Waals surface area contributed by atoms with Crippen LogP contribution in [0.25, 0.3) is 10.4 Å². The Morgan fingerprint density at radius 2 is 2.09 bits per heavy atom. The van der Waals surface area contributed by atoms with Gasteiger partial charge < -0.3 is 5.32 Å². The van der Waals surface area contributed by atoms with Crippen LogP contribution in [0.4, 0.5) is 4.39 Å². The molecule has 0 bridgehead atoms. The maximum Gasteiger partial charge on any atom is 0.261 e. The first-order valence-electron chi connectivity index (χ1n) is 7.17. The zero-order valence-corrected chi connectivity index (χ0v) is 14.1. The number of hydrogen-bond acceptors (Lipinski definition) is 4. The Morgan fingerprint density at radius 3 is 2.83 bits per heavy atom. The van der Waals surface area contributed by atoms with Gasteiger partial charge in [0.25, 0.3) is 5.91 Å². The van der Waals surface area contributed by atoms with E-state index in [1.165, 1.54) is 17.4 Å². The molecule has 0 unspecified atom stereocenters. The molecule has 0 saturated carbocycles. The van der Waals surface area contributed by atoms with E-state index in [0.717, 1.165) is 15.6 Å². The molecule has 1 amide bonds. The maximum absolute atomic E-state index is 13.8. The van der Waals surface area contributed by atoms with Gasteiger partial charge in [0.1, 0.15) is 5.82 Å². The van der Waals surface area contributed by atoms with Crippen molar-refractivity contribution in [3.63, 3.8) is 0 Å². The molecule has 3 rings (SSSR count). The fourth-order valence-corrected chi connectivity index (χ4v) is 3.78. The standard InChI is InChI=1S/C17H15FN2OS2/c1-11-20-12(10-22-11)8-9-19-17(21)16-7-6-15(23-16)13-4-2-3-5-14(13)18/h2-7,10H,8-9H2,1H3,(H,19,21). The van der Waals surface area contributed by atoms with E-state index < -0.39 is 0 Å². The van der Waals surface area contributed by atoms with Gasteiger partial charge in [0.15, 0.2) is 0 Å². The Morgan fingerprint density at radius 1 is 1.26 bits per heavy atom. The van der Waals surface area contributed by atoms with Crippen molar-refractivity contribution in [2.45, 2.75) is 13.3 Å². The number of thiazole rings is 1. The van der Waals surface area contributed by atoms with Crippen LogP contribution in [0, 0.1) is 12.7 Å². The quantitative estimate of drug-likeness (QED) is 0.749. The van der Waals surface area contributed by atoms with Crippen molar-refractivity contribution >= 4 is 28.6 Å². The number of rotatable bonds is 5. The molecular weight excluding hydrogens is 331 g/mol. The monoisotopic (exact) mass is 346 g/mol. The first-order valence-corrected chi connectivity index (χ1v) is 8.87. The third kappa shape index (κ3) is 3.83. The lowest BCUT2D eigenvalue weighted by Gasteiger charge is -2.02. The second-order valence-corrected chi connectivity index (χ2v) is 7.15. The number of hydrogen-bond donors (Lipinski definition) is 1. The number of halogens is 1. The lowest BCUT2D eigenvalue weighted by Crippen LogP contribution is -2.24. The molecular formula is C17H15FN2OS2. The van der Waals surface area contributed by atoms with E-state index in [0.29, 0.717) is 23.4 Å². The van der Waals surface area contributed by atoms with Gasteiger partial charge in [0.2, 0.25) is 0 Å². The van der Waals surface area contributed by atoms with Crippen molar-refractivity contribution in [3.8, 4) is 10.4 Å². The summed E-state index contributed by atoms with van der Waals surface area (Å²) in [7, 11) is 0. The highest BCUT2D eigenvalue weighted by atomic mass is 32.1. The first kappa shape index (κ1) is 15.8. The summed E-state index contributed by atoms with van der Waals surface area (Å²) in [5, 5.41) is 5.91. The van der Waals surface area contributed by atoms with E-state index in [2.05, 4.69) is 10.3 Å². The van der Waals surface area contributed by atoms with Crippen molar-refractivity contribution in [2.75, 3.05) is 6.54 Å². The molecule has 1 N–H and O–H groups in total. The molecule has 0 aliphatic heterocycles. The summed E-state index contributed by atoms with van der Waals surface area (Å²) < 4.78 is 13.8. The topological polar surface area (TPSA) is 42.0 Å². The maximum atomic E-state index is 13.8. The molecule has 0 saturated heterocycles. The second-order valence-electron chi connectivity index (χ2n) is 5.01. The fourth-order valence-electron chi connectivity index (χ4n) is 2.18. The van der Waals surface area contributed by atoms with Crippen LogP contribution in [0.2, 0.25) is 0 Å². The molecule has 0 aliphatic carbocycles. The third-order valence-corrected chi connectivity index (χ3v) is 5.24. The van der Waals surface area contributed by atoms with Crippen molar-refractivity contribution < 1.29 is 9.18 Å². The number of amides is 1. The lowest BCUT2D eigenvalue weighted by atomic mass is 10.2. The highest BCUT2D eigenvalue weighted by Gasteiger charge is 2.12. The van der Waals surface area contributed by atoms with Crippen LogP contribution in [-0.2, 0) is 6.42 Å². The second kappa shape index (κ2) is 7.02. The van der Waals surface area contributed by atoms with Crippen LogP contribution in [0.15, 0.2) is 41.8 Å². The van der Waals surface area contributed by atoms with E-state index in [1.807, 2.05) is 12.3 Å². The molecule has 0 spiro atoms. The SMILES string of the molecule is Cc1nc(CCNC(=O)c2ccc(-c3ccccc3F)s2)cs1. The van der Waals surface area contributed by atoms with Crippen molar-refractivity contribution in [3.05, 3.63) is 63.2 Å². The number of benzene rings is 1. The van der Waals surface area contributed by atoms with E-state index in [9.17, 15) is 9.18 Å². The molecule has 118 valence electrons. The van der Waals surface area contributed by atoms with Gasteiger partial charge in [-0.25, -0.2) is 9.37 Å². The third-order valence-electron chi connectivity index (χ3n) is 3.30.